The minimum absolute atomic E-state index is 0. The van der Waals surface area contributed by atoms with Gasteiger partial charge in [-0.25, -0.2) is 4.98 Å². The number of ether oxygens (including phenoxy) is 2. The van der Waals surface area contributed by atoms with E-state index >= 15 is 0 Å². The number of anilines is 1. The molecule has 3 aromatic rings. The number of carbonyl (C=O) groups is 2. The summed E-state index contributed by atoms with van der Waals surface area (Å²) in [5.41, 5.74) is 3.30. The van der Waals surface area contributed by atoms with Crippen LogP contribution in [0.3, 0.4) is 0 Å². The normalized spacial score (nSPS) is 15.8. The van der Waals surface area contributed by atoms with Crippen LogP contribution in [0.1, 0.15) is 58.3 Å². The molecule has 1 aromatic heterocycles. The maximum Gasteiger partial charge on any atom is 0.311 e. The number of halogens is 1. The summed E-state index contributed by atoms with van der Waals surface area (Å²) in [7, 11) is 3.98. The molecule has 0 bridgehead atoms. The van der Waals surface area contributed by atoms with E-state index in [-0.39, 0.29) is 35.5 Å². The predicted molar refractivity (Wildman–Crippen MR) is 151 cm³/mol. The number of nitrogens with zero attached hydrogens (tertiary/aromatic N) is 2. The summed E-state index contributed by atoms with van der Waals surface area (Å²) in [6, 6.07) is 14.2. The molecule has 1 radical (unpaired) electrons. The largest absolute Gasteiger partial charge is 0.493 e. The van der Waals surface area contributed by atoms with Gasteiger partial charge >= 0.3 is 5.97 Å². The summed E-state index contributed by atoms with van der Waals surface area (Å²) in [5, 5.41) is 12.7. The van der Waals surface area contributed by atoms with Gasteiger partial charge in [0.25, 0.3) is 5.91 Å². The number of hydrogen-bond donors (Lipinski definition) is 2. The molecule has 8 nitrogen and oxygen atoms in total. The van der Waals surface area contributed by atoms with E-state index in [1.54, 1.807) is 36.4 Å². The molecule has 199 valence electrons. The van der Waals surface area contributed by atoms with Crippen molar-refractivity contribution in [2.75, 3.05) is 32.1 Å². The van der Waals surface area contributed by atoms with Crippen molar-refractivity contribution < 1.29 is 24.2 Å². The third kappa shape index (κ3) is 6.87. The number of carboxylic acid groups (broad SMARTS) is 1. The number of rotatable bonds is 9. The van der Waals surface area contributed by atoms with Crippen LogP contribution in [-0.2, 0) is 11.2 Å². The molecule has 0 saturated heterocycles. The van der Waals surface area contributed by atoms with Crippen LogP contribution in [0.25, 0.3) is 0 Å². The zero-order valence-electron chi connectivity index (χ0n) is 22.4. The van der Waals surface area contributed by atoms with Crippen LogP contribution in [0, 0.1) is 0 Å². The van der Waals surface area contributed by atoms with E-state index in [2.05, 4.69) is 17.4 Å². The number of fused-ring (bicyclic) bond motifs is 1. The molecule has 1 saturated carbocycles. The van der Waals surface area contributed by atoms with Crippen molar-refractivity contribution in [3.63, 3.8) is 0 Å². The van der Waals surface area contributed by atoms with Crippen molar-refractivity contribution in [3.05, 3.63) is 75.9 Å². The Morgan fingerprint density at radius 3 is 2.54 bits per heavy atom. The third-order valence-electron chi connectivity index (χ3n) is 6.82. The molecule has 1 unspecified atom stereocenters. The predicted octanol–water partition coefficient (Wildman–Crippen LogP) is 5.01. The number of carboxylic acids is 1. The van der Waals surface area contributed by atoms with Gasteiger partial charge in [-0.05, 0) is 67.6 Å². The molecule has 5 rings (SSSR count). The number of aliphatic carboxylic acids is 1. The van der Waals surface area contributed by atoms with Gasteiger partial charge in [0.15, 0.2) is 0 Å². The Morgan fingerprint density at radius 2 is 1.87 bits per heavy atom. The molecular weight excluding hydrogens is 529 g/mol. The Hall–Kier alpha value is -2.78. The number of benzene rings is 2. The van der Waals surface area contributed by atoms with Gasteiger partial charge in [0.2, 0.25) is 0 Å². The summed E-state index contributed by atoms with van der Waals surface area (Å²) >= 11 is 6.38. The maximum atomic E-state index is 12.7. The molecule has 1 aliphatic carbocycles. The maximum absolute atomic E-state index is 12.7. The topological polar surface area (TPSA) is 101 Å². The summed E-state index contributed by atoms with van der Waals surface area (Å²) in [6.07, 6.45) is 3.49. The number of amides is 1. The summed E-state index contributed by atoms with van der Waals surface area (Å²) in [6.45, 7) is 0.804. The van der Waals surface area contributed by atoms with Gasteiger partial charge < -0.3 is 24.8 Å². The van der Waals surface area contributed by atoms with Gasteiger partial charge in [0.05, 0.1) is 17.5 Å². The number of carbonyl (C=O) groups excluding carboxylic acids is 1. The van der Waals surface area contributed by atoms with Gasteiger partial charge in [-0.2, -0.15) is 0 Å². The van der Waals surface area contributed by atoms with E-state index in [4.69, 9.17) is 26.1 Å². The molecule has 0 spiro atoms. The Labute approximate surface area is 255 Å². The average Bonchev–Trinajstić information content (AvgIpc) is 3.75. The first-order valence-electron chi connectivity index (χ1n) is 12.7. The Bertz CT molecular complexity index is 1360. The van der Waals surface area contributed by atoms with E-state index in [0.717, 1.165) is 17.1 Å². The fourth-order valence-corrected chi connectivity index (χ4v) is 4.83. The van der Waals surface area contributed by atoms with E-state index < -0.39 is 11.9 Å². The smallest absolute Gasteiger partial charge is 0.311 e. The second-order valence-electron chi connectivity index (χ2n) is 9.87. The number of aromatic nitrogens is 1. The van der Waals surface area contributed by atoms with Crippen LogP contribution >= 0.6 is 11.6 Å². The standard InChI is InChI=1S/C29H30ClN3O5.Na/c1-33(2)27-18(7-10-24(32-27)17-3-4-17)11-13-31-28(34)19-5-8-20(9-6-19)38-26-16-25-22(15-23(26)30)21(29(35)36)12-14-37-25;/h5-10,15-17,21H,3-4,11-14H2,1-2H3,(H,31,34)(H,35,36);. The Kier molecular flexibility index (Phi) is 9.43. The molecule has 1 aliphatic heterocycles. The molecule has 10 heteroatoms. The van der Waals surface area contributed by atoms with Gasteiger partial charge in [-0.3, -0.25) is 9.59 Å². The molecule has 1 fully saturated rings. The minimum Gasteiger partial charge on any atom is -0.493 e. The summed E-state index contributed by atoms with van der Waals surface area (Å²) in [5.74, 6) is 1.10. The fourth-order valence-electron chi connectivity index (χ4n) is 4.62. The van der Waals surface area contributed by atoms with Crippen molar-refractivity contribution in [2.24, 2.45) is 0 Å². The van der Waals surface area contributed by atoms with Crippen LogP contribution < -0.4 is 19.7 Å². The second kappa shape index (κ2) is 12.6. The van der Waals surface area contributed by atoms with E-state index in [0.29, 0.717) is 65.3 Å². The molecule has 2 N–H and O–H groups in total. The van der Waals surface area contributed by atoms with Crippen LogP contribution in [-0.4, -0.2) is 78.8 Å². The van der Waals surface area contributed by atoms with Crippen LogP contribution in [0.2, 0.25) is 5.02 Å². The molecule has 2 aromatic carbocycles. The van der Waals surface area contributed by atoms with E-state index in [9.17, 15) is 14.7 Å². The molecule has 1 atom stereocenters. The monoisotopic (exact) mass is 558 g/mol. The van der Waals surface area contributed by atoms with Crippen molar-refractivity contribution in [1.82, 2.24) is 10.3 Å². The van der Waals surface area contributed by atoms with Gasteiger partial charge in [-0.1, -0.05) is 17.7 Å². The van der Waals surface area contributed by atoms with Crippen molar-refractivity contribution in [3.8, 4) is 17.2 Å². The molecule has 2 aliphatic rings. The number of nitrogens with one attached hydrogen (secondary N) is 1. The van der Waals surface area contributed by atoms with Crippen LogP contribution in [0.15, 0.2) is 48.5 Å². The Morgan fingerprint density at radius 1 is 1.13 bits per heavy atom. The zero-order chi connectivity index (χ0) is 26.8. The molecule has 2 heterocycles. The molecule has 39 heavy (non-hydrogen) atoms. The van der Waals surface area contributed by atoms with Gasteiger partial charge in [-0.15, -0.1) is 0 Å². The second-order valence-corrected chi connectivity index (χ2v) is 10.3. The Balaban J connectivity index is 0.00000353. The van der Waals surface area contributed by atoms with Crippen molar-refractivity contribution >= 4 is 58.9 Å². The fraction of sp³-hybridized carbons (Fsp3) is 0.345. The number of hydrogen-bond acceptors (Lipinski definition) is 6. The van der Waals surface area contributed by atoms with Gasteiger partial charge in [0.1, 0.15) is 23.1 Å². The van der Waals surface area contributed by atoms with Crippen LogP contribution in [0.5, 0.6) is 17.2 Å². The summed E-state index contributed by atoms with van der Waals surface area (Å²) in [4.78, 5) is 31.1. The number of pyridine rings is 1. The van der Waals surface area contributed by atoms with E-state index in [1.807, 2.05) is 19.0 Å². The van der Waals surface area contributed by atoms with Gasteiger partial charge in [0, 0.05) is 79.0 Å². The first kappa shape index (κ1) is 29.2. The van der Waals surface area contributed by atoms with Crippen molar-refractivity contribution in [2.45, 2.75) is 37.5 Å². The van der Waals surface area contributed by atoms with E-state index in [1.165, 1.54) is 12.8 Å². The first-order valence-corrected chi connectivity index (χ1v) is 13.1. The van der Waals surface area contributed by atoms with Crippen molar-refractivity contribution in [1.29, 1.82) is 0 Å². The summed E-state index contributed by atoms with van der Waals surface area (Å²) < 4.78 is 11.5. The zero-order valence-corrected chi connectivity index (χ0v) is 25.1. The molecular formula is C29H30ClN3NaO5. The SMILES string of the molecule is CN(C)c1nc(C2CC2)ccc1CCNC(=O)c1ccc(Oc2cc3c(cc2Cl)C(C(=O)O)CCO3)cc1.[Na]. The minimum atomic E-state index is -0.908. The molecule has 1 amide bonds. The third-order valence-corrected chi connectivity index (χ3v) is 7.12. The quantitative estimate of drug-likeness (QED) is 0.356. The first-order chi connectivity index (χ1) is 18.3. The average molecular weight is 559 g/mol. The van der Waals surface area contributed by atoms with Crippen LogP contribution in [0.4, 0.5) is 5.82 Å².